The van der Waals surface area contributed by atoms with Crippen LogP contribution >= 0.6 is 0 Å². The molecule has 0 radical (unpaired) electrons. The average Bonchev–Trinajstić information content (AvgIpc) is 2.83. The van der Waals surface area contributed by atoms with E-state index in [1.807, 2.05) is 18.5 Å². The van der Waals surface area contributed by atoms with Gasteiger partial charge in [-0.15, -0.1) is 0 Å². The van der Waals surface area contributed by atoms with Gasteiger partial charge in [-0.25, -0.2) is 0 Å². The van der Waals surface area contributed by atoms with E-state index >= 15 is 0 Å². The van der Waals surface area contributed by atoms with Crippen LogP contribution in [0.1, 0.15) is 5.56 Å². The lowest BCUT2D eigenvalue weighted by Crippen LogP contribution is -1.93. The van der Waals surface area contributed by atoms with E-state index in [1.54, 1.807) is 0 Å². The molecule has 0 saturated carbocycles. The maximum absolute atomic E-state index is 4.27. The van der Waals surface area contributed by atoms with Crippen molar-refractivity contribution >= 4 is 21.8 Å². The smallest absolute Gasteiger partial charge is 0.105 e. The highest BCUT2D eigenvalue weighted by Crippen LogP contribution is 2.29. The summed E-state index contributed by atoms with van der Waals surface area (Å²) in [6.45, 7) is 2.09. The normalized spacial score (nSPS) is 10.8. The topological polar surface area (TPSA) is 17.8 Å². The lowest BCUT2D eigenvalue weighted by molar-refractivity contribution is 1.16. The van der Waals surface area contributed by atoms with Gasteiger partial charge in [0.05, 0.1) is 11.7 Å². The molecule has 2 heterocycles. The van der Waals surface area contributed by atoms with Crippen LogP contribution in [-0.4, -0.2) is 9.55 Å². The molecule has 2 aromatic carbocycles. The number of benzene rings is 1. The van der Waals surface area contributed by atoms with E-state index in [0.717, 1.165) is 16.7 Å². The fraction of sp³-hybridized carbons (Fsp3) is 0.0556. The summed E-state index contributed by atoms with van der Waals surface area (Å²) in [5.74, 6) is 0. The van der Waals surface area contributed by atoms with Crippen molar-refractivity contribution in [3.05, 3.63) is 72.6 Å². The van der Waals surface area contributed by atoms with Gasteiger partial charge in [0.1, 0.15) is 5.52 Å². The van der Waals surface area contributed by atoms with Gasteiger partial charge in [0, 0.05) is 22.7 Å². The van der Waals surface area contributed by atoms with Crippen LogP contribution in [0, 0.1) is 19.1 Å². The van der Waals surface area contributed by atoms with Crippen LogP contribution in [0.25, 0.3) is 27.5 Å². The third-order valence-electron chi connectivity index (χ3n) is 3.63. The van der Waals surface area contributed by atoms with Gasteiger partial charge in [-0.05, 0) is 43.3 Å². The first-order valence-electron chi connectivity index (χ1n) is 6.58. The van der Waals surface area contributed by atoms with E-state index in [9.17, 15) is 0 Å². The van der Waals surface area contributed by atoms with Crippen LogP contribution in [0.2, 0.25) is 0 Å². The second-order valence-corrected chi connectivity index (χ2v) is 4.93. The Morgan fingerprint density at radius 1 is 1.00 bits per heavy atom. The Labute approximate surface area is 117 Å². The standard InChI is InChI=1S/C18H12N2/c1-13-6-8-14(9-7-13)20-17-5-3-2-4-15(17)16-10-11-19-12-18(16)20/h2,4,6-12H,1H3. The molecule has 0 saturated heterocycles. The van der Waals surface area contributed by atoms with Crippen LogP contribution in [0.4, 0.5) is 0 Å². The van der Waals surface area contributed by atoms with E-state index < -0.39 is 0 Å². The van der Waals surface area contributed by atoms with E-state index in [-0.39, 0.29) is 0 Å². The molecule has 0 bridgehead atoms. The average molecular weight is 256 g/mol. The molecule has 0 spiro atoms. The predicted octanol–water partition coefficient (Wildman–Crippen LogP) is 4.09. The molecule has 0 fully saturated rings. The number of hydrogen-bond acceptors (Lipinski definition) is 1. The molecule has 0 N–H and O–H groups in total. The summed E-state index contributed by atoms with van der Waals surface area (Å²) >= 11 is 0. The highest BCUT2D eigenvalue weighted by Gasteiger charge is 2.11. The second kappa shape index (κ2) is 4.11. The summed E-state index contributed by atoms with van der Waals surface area (Å²) in [5.41, 5.74) is 4.52. The van der Waals surface area contributed by atoms with Crippen molar-refractivity contribution in [3.63, 3.8) is 0 Å². The number of aromatic nitrogens is 2. The van der Waals surface area contributed by atoms with Gasteiger partial charge in [0.15, 0.2) is 0 Å². The third-order valence-corrected chi connectivity index (χ3v) is 3.63. The largest absolute Gasteiger partial charge is 0.300 e. The summed E-state index contributed by atoms with van der Waals surface area (Å²) in [7, 11) is 0. The molecule has 94 valence electrons. The van der Waals surface area contributed by atoms with Crippen molar-refractivity contribution in [2.75, 3.05) is 0 Å². The maximum Gasteiger partial charge on any atom is 0.105 e. The van der Waals surface area contributed by atoms with Gasteiger partial charge in [0.25, 0.3) is 0 Å². The lowest BCUT2D eigenvalue weighted by Gasteiger charge is -2.06. The van der Waals surface area contributed by atoms with Crippen molar-refractivity contribution in [2.24, 2.45) is 0 Å². The first-order chi connectivity index (χ1) is 9.84. The molecule has 20 heavy (non-hydrogen) atoms. The SMILES string of the molecule is Cc1ccc(-n2c3c#cccc3c3ccncc32)cc1. The summed E-state index contributed by atoms with van der Waals surface area (Å²) < 4.78 is 2.19. The first kappa shape index (κ1) is 11.1. The summed E-state index contributed by atoms with van der Waals surface area (Å²) in [6.07, 6.45) is 3.74. The van der Waals surface area contributed by atoms with Crippen molar-refractivity contribution in [2.45, 2.75) is 6.92 Å². The molecule has 0 atom stereocenters. The quantitative estimate of drug-likeness (QED) is 0.501. The molecule has 4 rings (SSSR count). The zero-order chi connectivity index (χ0) is 13.5. The van der Waals surface area contributed by atoms with Crippen molar-refractivity contribution in [1.82, 2.24) is 9.55 Å². The number of pyridine rings is 1. The monoisotopic (exact) mass is 256 g/mol. The Balaban J connectivity index is 2.17. The van der Waals surface area contributed by atoms with E-state index in [4.69, 9.17) is 0 Å². The summed E-state index contributed by atoms with van der Waals surface area (Å²) in [4.78, 5) is 4.27. The Morgan fingerprint density at radius 3 is 2.70 bits per heavy atom. The van der Waals surface area contributed by atoms with Gasteiger partial charge in [-0.1, -0.05) is 23.8 Å². The molecular formula is C18H12N2. The van der Waals surface area contributed by atoms with Crippen molar-refractivity contribution < 1.29 is 0 Å². The molecular weight excluding hydrogens is 244 g/mol. The molecule has 2 aromatic heterocycles. The fourth-order valence-electron chi connectivity index (χ4n) is 2.65. The summed E-state index contributed by atoms with van der Waals surface area (Å²) in [5, 5.41) is 2.38. The molecule has 0 unspecified atom stereocenters. The Hall–Kier alpha value is -2.79. The lowest BCUT2D eigenvalue weighted by atomic mass is 10.2. The molecule has 4 aromatic rings. The molecule has 0 amide bonds. The van der Waals surface area contributed by atoms with Gasteiger partial charge >= 0.3 is 0 Å². The molecule has 2 nitrogen and oxygen atoms in total. The minimum atomic E-state index is 1.04. The minimum absolute atomic E-state index is 1.04. The molecule has 0 aliphatic carbocycles. The number of fused-ring (bicyclic) bond motifs is 3. The van der Waals surface area contributed by atoms with Crippen molar-refractivity contribution in [3.8, 4) is 5.69 Å². The highest BCUT2D eigenvalue weighted by molar-refractivity contribution is 6.08. The van der Waals surface area contributed by atoms with Crippen LogP contribution < -0.4 is 0 Å². The van der Waals surface area contributed by atoms with Crippen molar-refractivity contribution in [1.29, 1.82) is 0 Å². The second-order valence-electron chi connectivity index (χ2n) is 4.93. The number of aryl methyl sites for hydroxylation is 1. The number of hydrogen-bond donors (Lipinski definition) is 0. The Bertz CT molecular complexity index is 848. The van der Waals surface area contributed by atoms with Gasteiger partial charge < -0.3 is 4.57 Å². The van der Waals surface area contributed by atoms with Crippen LogP contribution in [-0.2, 0) is 0 Å². The number of nitrogens with zero attached hydrogens (tertiary/aromatic N) is 2. The van der Waals surface area contributed by atoms with Gasteiger partial charge in [0.2, 0.25) is 0 Å². The summed E-state index contributed by atoms with van der Waals surface area (Å²) in [6, 6.07) is 20.8. The molecule has 0 aliphatic heterocycles. The molecule has 2 heteroatoms. The zero-order valence-corrected chi connectivity index (χ0v) is 11.1. The highest BCUT2D eigenvalue weighted by atomic mass is 15.0. The minimum Gasteiger partial charge on any atom is -0.300 e. The Morgan fingerprint density at radius 2 is 1.85 bits per heavy atom. The molecule has 0 aliphatic rings. The first-order valence-corrected chi connectivity index (χ1v) is 6.58. The predicted molar refractivity (Wildman–Crippen MR) is 81.0 cm³/mol. The van der Waals surface area contributed by atoms with Crippen LogP contribution in [0.15, 0.2) is 54.9 Å². The van der Waals surface area contributed by atoms with E-state index in [0.29, 0.717) is 0 Å². The number of rotatable bonds is 1. The maximum atomic E-state index is 4.27. The zero-order valence-electron chi connectivity index (χ0n) is 11.1. The van der Waals surface area contributed by atoms with Crippen LogP contribution in [0.5, 0.6) is 0 Å². The van der Waals surface area contributed by atoms with Gasteiger partial charge in [-0.3, -0.25) is 4.98 Å². The van der Waals surface area contributed by atoms with E-state index in [2.05, 4.69) is 65.0 Å². The van der Waals surface area contributed by atoms with Crippen LogP contribution in [0.3, 0.4) is 0 Å². The van der Waals surface area contributed by atoms with E-state index in [1.165, 1.54) is 16.3 Å². The fourth-order valence-corrected chi connectivity index (χ4v) is 2.65. The van der Waals surface area contributed by atoms with Gasteiger partial charge in [-0.2, -0.15) is 0 Å². The third kappa shape index (κ3) is 1.50. The Kier molecular flexibility index (Phi) is 2.27.